The van der Waals surface area contributed by atoms with Crippen LogP contribution < -0.4 is 19.6 Å². The Kier molecular flexibility index (Phi) is 25.2. The van der Waals surface area contributed by atoms with Crippen molar-refractivity contribution in [3.63, 3.8) is 0 Å². The maximum absolute atomic E-state index is 14.4. The highest BCUT2D eigenvalue weighted by Crippen LogP contribution is 2.44. The molecule has 0 amide bonds. The van der Waals surface area contributed by atoms with Gasteiger partial charge in [-0.1, -0.05) is 12.1 Å². The highest BCUT2D eigenvalue weighted by Gasteiger charge is 2.55. The molecule has 41 heteroatoms. The summed E-state index contributed by atoms with van der Waals surface area (Å²) in [5.41, 5.74) is -1.74. The Morgan fingerprint density at radius 1 is 0.495 bits per heavy atom. The number of carboxylic acid groups (broad SMARTS) is 3. The van der Waals surface area contributed by atoms with E-state index >= 15 is 0 Å². The number of rotatable bonds is 26. The zero-order valence-electron chi connectivity index (χ0n) is 53.3. The van der Waals surface area contributed by atoms with Crippen molar-refractivity contribution in [3.05, 3.63) is 106 Å². The summed E-state index contributed by atoms with van der Waals surface area (Å²) in [4.78, 5) is 101. The molecule has 105 heavy (non-hydrogen) atoms. The minimum atomic E-state index is -2.84. The number of benzene rings is 4. The van der Waals surface area contributed by atoms with Gasteiger partial charge in [-0.15, -0.1) is 0 Å². The molecule has 2 unspecified atom stereocenters. The monoisotopic (exact) mass is 1490 g/mol. The average molecular weight is 1490 g/mol. The number of hydrogen-bond donors (Lipinski definition) is 20. The molecule has 9 rings (SSSR count). The molecular formula is C64H66O41. The van der Waals surface area contributed by atoms with Crippen LogP contribution in [0.25, 0.3) is 34.8 Å². The summed E-state index contributed by atoms with van der Waals surface area (Å²) >= 11 is 0. The van der Waals surface area contributed by atoms with E-state index in [1.54, 1.807) is 0 Å². The molecular weight excluding hydrogens is 1420 g/mol. The van der Waals surface area contributed by atoms with Crippen LogP contribution in [0.5, 0.6) is 46.0 Å². The smallest absolute Gasteiger partial charge is 0.348 e. The number of hydrogen-bond acceptors (Lipinski definition) is 38. The van der Waals surface area contributed by atoms with Gasteiger partial charge in [0.05, 0.1) is 12.2 Å². The molecule has 3 aromatic rings. The fraction of sp³-hybridized carbons (Fsp3) is 0.406. The molecule has 0 spiro atoms. The predicted molar refractivity (Wildman–Crippen MR) is 330 cm³/mol. The van der Waals surface area contributed by atoms with E-state index in [-0.39, 0.29) is 11.1 Å². The first kappa shape index (κ1) is 78.7. The lowest BCUT2D eigenvalue weighted by molar-refractivity contribution is -0.358. The Morgan fingerprint density at radius 3 is 1.64 bits per heavy atom. The molecule has 5 aliphatic heterocycles. The second-order valence-corrected chi connectivity index (χ2v) is 23.5. The first-order chi connectivity index (χ1) is 49.6. The summed E-state index contributed by atoms with van der Waals surface area (Å²) in [7, 11) is 0. The summed E-state index contributed by atoms with van der Waals surface area (Å²) in [6.07, 6.45) is -47.2. The molecule has 0 bridgehead atoms. The molecule has 0 aromatic heterocycles. The van der Waals surface area contributed by atoms with Crippen LogP contribution in [0.1, 0.15) is 17.5 Å². The van der Waals surface area contributed by atoms with Gasteiger partial charge in [-0.2, -0.15) is 0 Å². The zero-order chi connectivity index (χ0) is 76.7. The van der Waals surface area contributed by atoms with Crippen molar-refractivity contribution in [3.8, 4) is 68.6 Å². The SMILES string of the molecule is O=C(C=Cc1ccc(O)c(O)c1)OC[C@H]1O[C@@H](Oc2cc3oc(-c4ccc(O)c(O[C@@H]5O[C@H](C(=O)O)[C@@H](O)[C@H](O)[C@H]5O)c4)c(O[C@@H]4O[C@H](COC(=O)CC(=O)OC(C(=O)O)C(O)C(=O)O)[C@H](O)[C@H](O)[C@H]4O[C@@H]4O[C@H](CO)[C@@H](O)[C@H](O)[C@H]4OC(=O)C=Cc4ccc(O)c(O)c4)cc-3c(=O)c2)[C@H](O)[C@@H](O)[C@@H]1O. The summed E-state index contributed by atoms with van der Waals surface area (Å²) in [6.45, 7) is -3.22. The molecule has 1 aliphatic carbocycles. The molecule has 4 fully saturated rings. The fourth-order valence-corrected chi connectivity index (χ4v) is 10.6. The number of carbonyl (C=O) groups is 7. The lowest BCUT2D eigenvalue weighted by Crippen LogP contribution is -2.65. The van der Waals surface area contributed by atoms with Gasteiger partial charge in [0.2, 0.25) is 25.0 Å². The number of aliphatic hydroxyl groups is 12. The quantitative estimate of drug-likeness (QED) is 0.00807. The minimum absolute atomic E-state index is 0.0848. The Labute approximate surface area is 585 Å². The third kappa shape index (κ3) is 18.4. The number of ether oxygens (including phenoxy) is 12. The predicted octanol–water partition coefficient (Wildman–Crippen LogP) is -5.70. The molecule has 3 aromatic carbocycles. The number of phenolic OH excluding ortho intramolecular Hbond substituents is 5. The summed E-state index contributed by atoms with van der Waals surface area (Å²) in [6, 6.07) is 12.2. The number of aromatic hydroxyl groups is 5. The maximum Gasteiger partial charge on any atom is 0.348 e. The Balaban J connectivity index is 1.10. The van der Waals surface area contributed by atoms with Crippen molar-refractivity contribution >= 4 is 53.9 Å². The molecule has 22 atom stereocenters. The van der Waals surface area contributed by atoms with E-state index in [1.807, 2.05) is 0 Å². The van der Waals surface area contributed by atoms with Crippen molar-refractivity contribution in [2.24, 2.45) is 0 Å². The number of phenols is 5. The van der Waals surface area contributed by atoms with Crippen LogP contribution in [0.15, 0.2) is 94.2 Å². The van der Waals surface area contributed by atoms with Crippen LogP contribution in [0, 0.1) is 0 Å². The van der Waals surface area contributed by atoms with Crippen LogP contribution in [0.2, 0.25) is 0 Å². The van der Waals surface area contributed by atoms with Crippen LogP contribution in [-0.2, 0) is 76.2 Å². The van der Waals surface area contributed by atoms with Crippen LogP contribution in [0.3, 0.4) is 0 Å². The van der Waals surface area contributed by atoms with E-state index < -0.39 is 277 Å². The molecule has 568 valence electrons. The minimum Gasteiger partial charge on any atom is -0.504 e. The third-order valence-electron chi connectivity index (χ3n) is 16.2. The number of fused-ring (bicyclic) bond motifs is 1. The first-order valence-electron chi connectivity index (χ1n) is 30.8. The molecule has 0 radical (unpaired) electrons. The van der Waals surface area contributed by atoms with Gasteiger partial charge >= 0.3 is 41.8 Å². The van der Waals surface area contributed by atoms with Crippen LogP contribution in [-0.4, -0.2) is 299 Å². The van der Waals surface area contributed by atoms with Gasteiger partial charge in [0.25, 0.3) is 0 Å². The number of esters is 4. The number of carboxylic acids is 3. The van der Waals surface area contributed by atoms with E-state index in [0.29, 0.717) is 0 Å². The van der Waals surface area contributed by atoms with Crippen molar-refractivity contribution < 1.29 is 197 Å². The standard InChI is InChI=1S/C64H66O41/c65-18-35-42(76)47(81)56(102-39(73)10-4-22-2-7-27(67)31(71)12-22)64(99-35)105-57-48(82)44(78)37(20-94-40(74)17-41(75)103-55(60(91)92)52(86)58(87)88)101-63(57)98-34-16-25-29(69)14-24(95-61-50(84)45(79)43(77)36(100-61)19-93-38(72)9-3-21-1-6-26(66)30(70)11-21)15-32(25)96-53(34)23-5-8-28(68)33(13-23)97-62-51(85)46(80)49(83)54(104-62)59(89)90/h1-16,35-37,42-52,54-57,61-68,70-71,76-86H,17-20H2,(H,87,88)(H,89,90)(H,91,92)/t35-,36-,37-,42-,43-,44+,45+,46+,47+,48+,49+,50-,51-,52?,54+,55?,56-,57-,61-,62-,63-,64+/m1/s1. The summed E-state index contributed by atoms with van der Waals surface area (Å²) in [5.74, 6) is -18.4. The summed E-state index contributed by atoms with van der Waals surface area (Å²) < 4.78 is 73.0. The van der Waals surface area contributed by atoms with Gasteiger partial charge in [0, 0.05) is 29.8 Å². The number of aliphatic carboxylic acids is 3. The van der Waals surface area contributed by atoms with Crippen molar-refractivity contribution in [2.45, 2.75) is 141 Å². The highest BCUT2D eigenvalue weighted by molar-refractivity contribution is 5.93. The van der Waals surface area contributed by atoms with Crippen molar-refractivity contribution in [2.75, 3.05) is 19.8 Å². The molecule has 0 saturated carbocycles. The van der Waals surface area contributed by atoms with Crippen molar-refractivity contribution in [1.29, 1.82) is 0 Å². The Morgan fingerprint density at radius 2 is 1.04 bits per heavy atom. The fourth-order valence-electron chi connectivity index (χ4n) is 10.6. The lowest BCUT2D eigenvalue weighted by Gasteiger charge is -2.46. The van der Waals surface area contributed by atoms with Gasteiger partial charge in [0.1, 0.15) is 110 Å². The van der Waals surface area contributed by atoms with Gasteiger partial charge in [-0.3, -0.25) is 14.4 Å². The zero-order valence-corrected chi connectivity index (χ0v) is 53.3. The van der Waals surface area contributed by atoms with Crippen molar-refractivity contribution in [1.82, 2.24) is 0 Å². The topological polar surface area (TPSA) is 665 Å². The van der Waals surface area contributed by atoms with Gasteiger partial charge < -0.3 is 163 Å². The molecule has 5 heterocycles. The Bertz CT molecular complexity index is 4080. The Hall–Kier alpha value is -10.4. The van der Waals surface area contributed by atoms with E-state index in [0.717, 1.165) is 78.9 Å². The van der Waals surface area contributed by atoms with Gasteiger partial charge in [-0.05, 0) is 71.8 Å². The first-order valence-corrected chi connectivity index (χ1v) is 30.8. The largest absolute Gasteiger partial charge is 0.504 e. The van der Waals surface area contributed by atoms with Crippen LogP contribution in [0.4, 0.5) is 0 Å². The lowest BCUT2D eigenvalue weighted by atomic mass is 9.97. The van der Waals surface area contributed by atoms with Gasteiger partial charge in [-0.25, -0.2) is 24.0 Å². The van der Waals surface area contributed by atoms with Crippen LogP contribution >= 0.6 is 0 Å². The highest BCUT2D eigenvalue weighted by atomic mass is 16.8. The second-order valence-electron chi connectivity index (χ2n) is 23.5. The number of carbonyl (C=O) groups excluding carboxylic acids is 4. The van der Waals surface area contributed by atoms with Gasteiger partial charge in [0.15, 0.2) is 82.1 Å². The van der Waals surface area contributed by atoms with E-state index in [1.165, 1.54) is 18.2 Å². The molecule has 4 saturated heterocycles. The molecule has 20 N–H and O–H groups in total. The third-order valence-corrected chi connectivity index (χ3v) is 16.2. The number of aliphatic hydroxyl groups excluding tert-OH is 12. The van der Waals surface area contributed by atoms with E-state index in [9.17, 15) is 135 Å². The normalized spacial score (nSPS) is 29.6. The summed E-state index contributed by atoms with van der Waals surface area (Å²) in [5, 5.41) is 210. The average Bonchev–Trinajstić information content (AvgIpc) is 0.759. The molecule has 41 nitrogen and oxygen atoms in total. The van der Waals surface area contributed by atoms with E-state index in [2.05, 4.69) is 4.74 Å². The second kappa shape index (κ2) is 33.6. The maximum atomic E-state index is 14.4. The molecule has 6 aliphatic rings. The van der Waals surface area contributed by atoms with E-state index in [4.69, 9.17) is 61.6 Å².